The van der Waals surface area contributed by atoms with E-state index in [1.807, 2.05) is 30.3 Å². The summed E-state index contributed by atoms with van der Waals surface area (Å²) in [4.78, 5) is 16.8. The highest BCUT2D eigenvalue weighted by atomic mass is 16.3. The summed E-state index contributed by atoms with van der Waals surface area (Å²) >= 11 is 0. The third-order valence-corrected chi connectivity index (χ3v) is 3.31. The minimum Gasteiger partial charge on any atom is -0.506 e. The number of aryl methyl sites for hydroxylation is 1. The molecule has 0 atom stereocenters. The number of nitrogens with one attached hydrogen (secondary N) is 1. The molecule has 104 valence electrons. The number of para-hydroxylation sites is 3. The van der Waals surface area contributed by atoms with Gasteiger partial charge in [-0.05, 0) is 31.2 Å². The van der Waals surface area contributed by atoms with Gasteiger partial charge in [0.25, 0.3) is 5.91 Å². The quantitative estimate of drug-likeness (QED) is 0.705. The molecule has 21 heavy (non-hydrogen) atoms. The lowest BCUT2D eigenvalue weighted by Crippen LogP contribution is -2.14. The Morgan fingerprint density at radius 2 is 1.81 bits per heavy atom. The Hall–Kier alpha value is -2.88. The van der Waals surface area contributed by atoms with Crippen LogP contribution >= 0.6 is 0 Å². The van der Waals surface area contributed by atoms with Crippen molar-refractivity contribution >= 4 is 22.5 Å². The summed E-state index contributed by atoms with van der Waals surface area (Å²) in [5.41, 5.74) is 2.39. The molecule has 1 aromatic heterocycles. The molecule has 2 N–H and O–H groups in total. The highest BCUT2D eigenvalue weighted by molar-refractivity contribution is 6.07. The number of nitrogens with zero attached hydrogens (tertiary/aromatic N) is 1. The van der Waals surface area contributed by atoms with Crippen LogP contribution in [0.15, 0.2) is 54.6 Å². The second kappa shape index (κ2) is 5.25. The van der Waals surface area contributed by atoms with Crippen molar-refractivity contribution in [3.63, 3.8) is 0 Å². The first-order valence-corrected chi connectivity index (χ1v) is 6.61. The van der Waals surface area contributed by atoms with Gasteiger partial charge in [0, 0.05) is 5.39 Å². The fourth-order valence-corrected chi connectivity index (χ4v) is 2.21. The zero-order valence-corrected chi connectivity index (χ0v) is 11.5. The summed E-state index contributed by atoms with van der Waals surface area (Å²) in [5.74, 6) is -0.246. The number of phenolic OH excluding ortho intramolecular Hbond substituents is 1. The molecule has 2 aromatic carbocycles. The van der Waals surface area contributed by atoms with Crippen LogP contribution in [-0.2, 0) is 0 Å². The zero-order chi connectivity index (χ0) is 14.8. The number of hydrogen-bond acceptors (Lipinski definition) is 3. The third kappa shape index (κ3) is 2.56. The van der Waals surface area contributed by atoms with Gasteiger partial charge in [-0.25, -0.2) is 0 Å². The monoisotopic (exact) mass is 278 g/mol. The maximum atomic E-state index is 12.4. The number of hydrogen-bond donors (Lipinski definition) is 2. The van der Waals surface area contributed by atoms with E-state index in [1.165, 1.54) is 6.07 Å². The van der Waals surface area contributed by atoms with Gasteiger partial charge in [-0.15, -0.1) is 0 Å². The van der Waals surface area contributed by atoms with E-state index < -0.39 is 0 Å². The number of aromatic hydroxyl groups is 1. The van der Waals surface area contributed by atoms with Gasteiger partial charge in [-0.2, -0.15) is 0 Å². The number of rotatable bonds is 2. The van der Waals surface area contributed by atoms with Crippen molar-refractivity contribution in [3.05, 3.63) is 65.9 Å². The topological polar surface area (TPSA) is 62.2 Å². The van der Waals surface area contributed by atoms with Crippen LogP contribution in [0.2, 0.25) is 0 Å². The van der Waals surface area contributed by atoms with E-state index in [1.54, 1.807) is 25.1 Å². The van der Waals surface area contributed by atoms with Crippen molar-refractivity contribution in [3.8, 4) is 5.75 Å². The zero-order valence-electron chi connectivity index (χ0n) is 11.5. The van der Waals surface area contributed by atoms with Crippen molar-refractivity contribution in [2.24, 2.45) is 0 Å². The van der Waals surface area contributed by atoms with Crippen LogP contribution in [0, 0.1) is 6.92 Å². The Bertz CT molecular complexity index is 828. The van der Waals surface area contributed by atoms with Crippen molar-refractivity contribution in [1.82, 2.24) is 4.98 Å². The Morgan fingerprint density at radius 1 is 1.10 bits per heavy atom. The molecule has 4 nitrogen and oxygen atoms in total. The molecule has 0 aliphatic heterocycles. The van der Waals surface area contributed by atoms with Crippen molar-refractivity contribution < 1.29 is 9.90 Å². The predicted octanol–water partition coefficient (Wildman–Crippen LogP) is 3.50. The molecule has 0 aliphatic carbocycles. The standard InChI is InChI=1S/C17H14N2O2/c1-11-13(10-12-6-2-3-7-14(12)18-11)17(21)19-15-8-4-5-9-16(15)20/h2-10,20H,1H3,(H,19,21). The minimum atomic E-state index is -0.285. The summed E-state index contributed by atoms with van der Waals surface area (Å²) in [6, 6.07) is 16.1. The van der Waals surface area contributed by atoms with Crippen molar-refractivity contribution in [1.29, 1.82) is 0 Å². The van der Waals surface area contributed by atoms with E-state index >= 15 is 0 Å². The first-order chi connectivity index (χ1) is 10.1. The molecule has 0 radical (unpaired) electrons. The number of fused-ring (bicyclic) bond motifs is 1. The molecule has 0 saturated carbocycles. The number of pyridine rings is 1. The number of carbonyl (C=O) groups is 1. The first kappa shape index (κ1) is 13.1. The van der Waals surface area contributed by atoms with Crippen LogP contribution in [0.3, 0.4) is 0 Å². The Morgan fingerprint density at radius 3 is 2.62 bits per heavy atom. The van der Waals surface area contributed by atoms with Gasteiger partial charge < -0.3 is 10.4 Å². The lowest BCUT2D eigenvalue weighted by Gasteiger charge is -2.09. The van der Waals surface area contributed by atoms with Crippen LogP contribution in [0.5, 0.6) is 5.75 Å². The van der Waals surface area contributed by atoms with Crippen LogP contribution in [0.1, 0.15) is 16.1 Å². The van der Waals surface area contributed by atoms with Gasteiger partial charge in [-0.1, -0.05) is 30.3 Å². The molecule has 0 spiro atoms. The van der Waals surface area contributed by atoms with E-state index in [9.17, 15) is 9.90 Å². The largest absolute Gasteiger partial charge is 0.506 e. The number of amides is 1. The maximum Gasteiger partial charge on any atom is 0.257 e. The van der Waals surface area contributed by atoms with E-state index in [0.29, 0.717) is 16.9 Å². The molecule has 1 heterocycles. The van der Waals surface area contributed by atoms with E-state index in [2.05, 4.69) is 10.3 Å². The highest BCUT2D eigenvalue weighted by Crippen LogP contribution is 2.23. The number of aromatic nitrogens is 1. The molecule has 0 unspecified atom stereocenters. The molecule has 0 bridgehead atoms. The van der Waals surface area contributed by atoms with Gasteiger partial charge in [-0.3, -0.25) is 9.78 Å². The number of carbonyl (C=O) groups excluding carboxylic acids is 1. The lowest BCUT2D eigenvalue weighted by atomic mass is 10.1. The molecular weight excluding hydrogens is 264 g/mol. The smallest absolute Gasteiger partial charge is 0.257 e. The maximum absolute atomic E-state index is 12.4. The molecule has 0 fully saturated rings. The molecule has 3 rings (SSSR count). The van der Waals surface area contributed by atoms with Crippen molar-refractivity contribution in [2.45, 2.75) is 6.92 Å². The fraction of sp³-hybridized carbons (Fsp3) is 0.0588. The second-order valence-electron chi connectivity index (χ2n) is 4.79. The normalized spacial score (nSPS) is 10.5. The predicted molar refractivity (Wildman–Crippen MR) is 82.5 cm³/mol. The van der Waals surface area contributed by atoms with Crippen LogP contribution < -0.4 is 5.32 Å². The Labute approximate surface area is 122 Å². The summed E-state index contributed by atoms with van der Waals surface area (Å²) < 4.78 is 0. The van der Waals surface area contributed by atoms with Crippen LogP contribution in [0.4, 0.5) is 5.69 Å². The summed E-state index contributed by atoms with van der Waals surface area (Å²) in [7, 11) is 0. The second-order valence-corrected chi connectivity index (χ2v) is 4.79. The highest BCUT2D eigenvalue weighted by Gasteiger charge is 2.13. The van der Waals surface area contributed by atoms with E-state index in [4.69, 9.17) is 0 Å². The molecular formula is C17H14N2O2. The van der Waals surface area contributed by atoms with Gasteiger partial charge in [0.05, 0.1) is 22.5 Å². The molecule has 3 aromatic rings. The van der Waals surface area contributed by atoms with Gasteiger partial charge >= 0.3 is 0 Å². The van der Waals surface area contributed by atoms with E-state index in [0.717, 1.165) is 10.9 Å². The SMILES string of the molecule is Cc1nc2ccccc2cc1C(=O)Nc1ccccc1O. The van der Waals surface area contributed by atoms with Gasteiger partial charge in [0.15, 0.2) is 0 Å². The third-order valence-electron chi connectivity index (χ3n) is 3.31. The van der Waals surface area contributed by atoms with Crippen molar-refractivity contribution in [2.75, 3.05) is 5.32 Å². The Kier molecular flexibility index (Phi) is 3.28. The molecule has 4 heteroatoms. The first-order valence-electron chi connectivity index (χ1n) is 6.61. The molecule has 0 saturated heterocycles. The van der Waals surface area contributed by atoms with Gasteiger partial charge in [0.2, 0.25) is 0 Å². The molecule has 1 amide bonds. The lowest BCUT2D eigenvalue weighted by molar-refractivity contribution is 0.102. The summed E-state index contributed by atoms with van der Waals surface area (Å²) in [6.07, 6.45) is 0. The van der Waals surface area contributed by atoms with Crippen LogP contribution in [0.25, 0.3) is 10.9 Å². The average Bonchev–Trinajstić information content (AvgIpc) is 2.49. The number of benzene rings is 2. The summed E-state index contributed by atoms with van der Waals surface area (Å²) in [5, 5.41) is 13.3. The number of phenols is 1. The van der Waals surface area contributed by atoms with Crippen LogP contribution in [-0.4, -0.2) is 16.0 Å². The Balaban J connectivity index is 1.98. The minimum absolute atomic E-state index is 0.0391. The fourth-order valence-electron chi connectivity index (χ4n) is 2.21. The van der Waals surface area contributed by atoms with E-state index in [-0.39, 0.29) is 11.7 Å². The molecule has 0 aliphatic rings. The van der Waals surface area contributed by atoms with Gasteiger partial charge in [0.1, 0.15) is 5.75 Å². The average molecular weight is 278 g/mol. The summed E-state index contributed by atoms with van der Waals surface area (Å²) in [6.45, 7) is 1.80. The number of anilines is 1.